The van der Waals surface area contributed by atoms with Gasteiger partial charge >= 0.3 is 0 Å². The molecule has 23 heavy (non-hydrogen) atoms. The molecule has 0 radical (unpaired) electrons. The van der Waals surface area contributed by atoms with Gasteiger partial charge in [-0.1, -0.05) is 30.7 Å². The zero-order chi connectivity index (χ0) is 16.3. The number of hydrogen-bond donors (Lipinski definition) is 0. The van der Waals surface area contributed by atoms with Crippen molar-refractivity contribution >= 4 is 0 Å². The predicted octanol–water partition coefficient (Wildman–Crippen LogP) is 6.36. The Bertz CT molecular complexity index is 573. The van der Waals surface area contributed by atoms with Crippen LogP contribution in [0.1, 0.15) is 50.7 Å². The normalized spacial score (nSPS) is 13.7. The molecule has 124 valence electrons. The molecule has 0 aliphatic heterocycles. The van der Waals surface area contributed by atoms with E-state index in [0.717, 1.165) is 25.7 Å². The molecule has 2 aromatic heterocycles. The standard InChI is InChI=1S/C21H28O2/c1-18(8-4-10-20-12-14-22-16-20)6-3-7-19(2)9-5-11-21-13-15-23-17-21/h3,6,9,12-18H,4-5,7-8,10-11H2,1-2H3/t18-/m0/s1. The number of allylic oxidation sites excluding steroid dienone is 4. The molecule has 2 heteroatoms. The Morgan fingerprint density at radius 3 is 2.43 bits per heavy atom. The van der Waals surface area contributed by atoms with Gasteiger partial charge in [0.05, 0.1) is 25.1 Å². The molecule has 2 heterocycles. The fourth-order valence-corrected chi connectivity index (χ4v) is 2.65. The molecule has 0 saturated heterocycles. The quantitative estimate of drug-likeness (QED) is 0.477. The summed E-state index contributed by atoms with van der Waals surface area (Å²) in [5, 5.41) is 0. The second kappa shape index (κ2) is 9.94. The molecule has 0 amide bonds. The molecule has 0 saturated carbocycles. The summed E-state index contributed by atoms with van der Waals surface area (Å²) >= 11 is 0. The van der Waals surface area contributed by atoms with Crippen molar-refractivity contribution in [3.05, 3.63) is 72.1 Å². The highest BCUT2D eigenvalue weighted by atomic mass is 16.3. The molecular weight excluding hydrogens is 284 g/mol. The lowest BCUT2D eigenvalue weighted by atomic mass is 10.0. The maximum atomic E-state index is 5.09. The van der Waals surface area contributed by atoms with Crippen LogP contribution in [0.4, 0.5) is 0 Å². The first-order valence-corrected chi connectivity index (χ1v) is 8.58. The van der Waals surface area contributed by atoms with E-state index in [9.17, 15) is 0 Å². The maximum absolute atomic E-state index is 5.09. The van der Waals surface area contributed by atoms with Crippen molar-refractivity contribution in [2.24, 2.45) is 5.92 Å². The summed E-state index contributed by atoms with van der Waals surface area (Å²) in [4.78, 5) is 0. The van der Waals surface area contributed by atoms with Crippen molar-refractivity contribution in [1.29, 1.82) is 0 Å². The monoisotopic (exact) mass is 312 g/mol. The molecule has 2 nitrogen and oxygen atoms in total. The molecule has 2 rings (SSSR count). The third-order valence-corrected chi connectivity index (χ3v) is 4.12. The van der Waals surface area contributed by atoms with E-state index in [0.29, 0.717) is 5.92 Å². The zero-order valence-electron chi connectivity index (χ0n) is 14.3. The minimum absolute atomic E-state index is 0.639. The Morgan fingerprint density at radius 2 is 1.78 bits per heavy atom. The van der Waals surface area contributed by atoms with E-state index in [1.165, 1.54) is 29.5 Å². The van der Waals surface area contributed by atoms with E-state index in [1.54, 1.807) is 12.5 Å². The van der Waals surface area contributed by atoms with Gasteiger partial charge < -0.3 is 8.83 Å². The van der Waals surface area contributed by atoms with Crippen LogP contribution in [-0.4, -0.2) is 0 Å². The van der Waals surface area contributed by atoms with Gasteiger partial charge in [0.2, 0.25) is 0 Å². The number of furan rings is 2. The summed E-state index contributed by atoms with van der Waals surface area (Å²) < 4.78 is 10.2. The predicted molar refractivity (Wildman–Crippen MR) is 95.4 cm³/mol. The lowest BCUT2D eigenvalue weighted by Gasteiger charge is -2.05. The molecule has 0 spiro atoms. The van der Waals surface area contributed by atoms with Crippen LogP contribution in [0.15, 0.2) is 69.8 Å². The van der Waals surface area contributed by atoms with Crippen molar-refractivity contribution in [2.45, 2.75) is 52.4 Å². The van der Waals surface area contributed by atoms with Crippen LogP contribution in [-0.2, 0) is 12.8 Å². The fourth-order valence-electron chi connectivity index (χ4n) is 2.65. The van der Waals surface area contributed by atoms with Crippen LogP contribution in [0.25, 0.3) is 0 Å². The number of rotatable bonds is 10. The van der Waals surface area contributed by atoms with Crippen molar-refractivity contribution < 1.29 is 8.83 Å². The number of aryl methyl sites for hydroxylation is 2. The molecule has 0 aliphatic carbocycles. The molecule has 1 atom stereocenters. The third-order valence-electron chi connectivity index (χ3n) is 4.12. The molecule has 0 unspecified atom stereocenters. The summed E-state index contributed by atoms with van der Waals surface area (Å²) in [5.74, 6) is 0.639. The van der Waals surface area contributed by atoms with Gasteiger partial charge in [0.1, 0.15) is 0 Å². The van der Waals surface area contributed by atoms with Gasteiger partial charge in [-0.15, -0.1) is 0 Å². The summed E-state index contributed by atoms with van der Waals surface area (Å²) in [6, 6.07) is 4.09. The number of hydrogen-bond acceptors (Lipinski definition) is 2. The van der Waals surface area contributed by atoms with Gasteiger partial charge in [0.15, 0.2) is 0 Å². The molecule has 0 N–H and O–H groups in total. The third kappa shape index (κ3) is 7.23. The van der Waals surface area contributed by atoms with Gasteiger partial charge in [-0.25, -0.2) is 0 Å². The molecule has 0 aromatic carbocycles. The van der Waals surface area contributed by atoms with Crippen LogP contribution in [0.3, 0.4) is 0 Å². The average Bonchev–Trinajstić information content (AvgIpc) is 3.20. The van der Waals surface area contributed by atoms with Gasteiger partial charge in [-0.2, -0.15) is 0 Å². The van der Waals surface area contributed by atoms with Crippen molar-refractivity contribution in [3.8, 4) is 0 Å². The Kier molecular flexibility index (Phi) is 7.51. The van der Waals surface area contributed by atoms with Gasteiger partial charge in [0, 0.05) is 0 Å². The van der Waals surface area contributed by atoms with E-state index >= 15 is 0 Å². The first-order chi connectivity index (χ1) is 11.2. The zero-order valence-corrected chi connectivity index (χ0v) is 14.3. The highest BCUT2D eigenvalue weighted by Crippen LogP contribution is 2.13. The minimum Gasteiger partial charge on any atom is -0.472 e. The lowest BCUT2D eigenvalue weighted by Crippen LogP contribution is -1.92. The Hall–Kier alpha value is -1.96. The molecule has 0 bridgehead atoms. The minimum atomic E-state index is 0.639. The fraction of sp³-hybridized carbons (Fsp3) is 0.429. The van der Waals surface area contributed by atoms with Crippen LogP contribution in [0.5, 0.6) is 0 Å². The van der Waals surface area contributed by atoms with Crippen LogP contribution < -0.4 is 0 Å². The van der Waals surface area contributed by atoms with Crippen molar-refractivity contribution in [1.82, 2.24) is 0 Å². The van der Waals surface area contributed by atoms with Crippen molar-refractivity contribution in [2.75, 3.05) is 0 Å². The molecular formula is C21H28O2. The second-order valence-corrected chi connectivity index (χ2v) is 6.35. The highest BCUT2D eigenvalue weighted by Gasteiger charge is 1.99. The summed E-state index contributed by atoms with van der Waals surface area (Å²) in [6.45, 7) is 4.51. The summed E-state index contributed by atoms with van der Waals surface area (Å²) in [6.07, 6.45) is 20.9. The lowest BCUT2D eigenvalue weighted by molar-refractivity contribution is 0.558. The smallest absolute Gasteiger partial charge is 0.0934 e. The Balaban J connectivity index is 1.58. The topological polar surface area (TPSA) is 26.3 Å². The van der Waals surface area contributed by atoms with Crippen molar-refractivity contribution in [3.63, 3.8) is 0 Å². The first-order valence-electron chi connectivity index (χ1n) is 8.58. The van der Waals surface area contributed by atoms with E-state index in [4.69, 9.17) is 8.83 Å². The molecule has 0 aliphatic rings. The first kappa shape index (κ1) is 17.4. The maximum Gasteiger partial charge on any atom is 0.0934 e. The van der Waals surface area contributed by atoms with E-state index in [2.05, 4.69) is 38.1 Å². The molecule has 0 fully saturated rings. The van der Waals surface area contributed by atoms with E-state index in [-0.39, 0.29) is 0 Å². The van der Waals surface area contributed by atoms with E-state index in [1.807, 2.05) is 18.6 Å². The largest absolute Gasteiger partial charge is 0.472 e. The van der Waals surface area contributed by atoms with E-state index < -0.39 is 0 Å². The van der Waals surface area contributed by atoms with Crippen LogP contribution in [0, 0.1) is 5.92 Å². The molecule has 2 aromatic rings. The van der Waals surface area contributed by atoms with Gasteiger partial charge in [-0.3, -0.25) is 0 Å². The highest BCUT2D eigenvalue weighted by molar-refractivity contribution is 5.10. The van der Waals surface area contributed by atoms with Crippen LogP contribution in [0.2, 0.25) is 0 Å². The van der Waals surface area contributed by atoms with Gasteiger partial charge in [-0.05, 0) is 74.6 Å². The summed E-state index contributed by atoms with van der Waals surface area (Å²) in [7, 11) is 0. The van der Waals surface area contributed by atoms with Crippen LogP contribution >= 0.6 is 0 Å². The Morgan fingerprint density at radius 1 is 1.09 bits per heavy atom. The summed E-state index contributed by atoms with van der Waals surface area (Å²) in [5.41, 5.74) is 4.02. The average molecular weight is 312 g/mol. The SMILES string of the molecule is CC(=CCCc1ccoc1)CC=C[C@H](C)CCCc1ccoc1. The second-order valence-electron chi connectivity index (χ2n) is 6.35. The Labute approximate surface area is 139 Å². The van der Waals surface area contributed by atoms with Gasteiger partial charge in [0.25, 0.3) is 0 Å².